The van der Waals surface area contributed by atoms with Gasteiger partial charge in [0.15, 0.2) is 0 Å². The van der Waals surface area contributed by atoms with Crippen LogP contribution in [-0.4, -0.2) is 24.3 Å². The molecule has 0 atom stereocenters. The summed E-state index contributed by atoms with van der Waals surface area (Å²) in [6, 6.07) is 0. The van der Waals surface area contributed by atoms with Gasteiger partial charge >= 0.3 is 5.97 Å². The van der Waals surface area contributed by atoms with Crippen LogP contribution in [0.4, 0.5) is 0 Å². The monoisotopic (exact) mass is 278 g/mol. The molecule has 3 nitrogen and oxygen atoms in total. The second-order valence-electron chi connectivity index (χ2n) is 4.36. The van der Waals surface area contributed by atoms with Gasteiger partial charge < -0.3 is 9.84 Å². The number of carboxylic acid groups (broad SMARTS) is 1. The highest BCUT2D eigenvalue weighted by atomic mass is 16.5. The summed E-state index contributed by atoms with van der Waals surface area (Å²) in [6.07, 6.45) is 17.5. The van der Waals surface area contributed by atoms with Gasteiger partial charge in [0.05, 0.1) is 19.6 Å². The van der Waals surface area contributed by atoms with Crippen molar-refractivity contribution in [3.05, 3.63) is 42.2 Å². The van der Waals surface area contributed by atoms with Gasteiger partial charge in [-0.1, -0.05) is 44.1 Å². The molecule has 0 saturated carbocycles. The lowest BCUT2D eigenvalue weighted by Gasteiger charge is -1.95. The van der Waals surface area contributed by atoms with Crippen LogP contribution in [0.15, 0.2) is 42.2 Å². The fourth-order valence-corrected chi connectivity index (χ4v) is 1.40. The minimum Gasteiger partial charge on any atom is -0.481 e. The van der Waals surface area contributed by atoms with Crippen molar-refractivity contribution in [3.8, 4) is 0 Å². The van der Waals surface area contributed by atoms with Gasteiger partial charge in [0.1, 0.15) is 0 Å². The lowest BCUT2D eigenvalue weighted by atomic mass is 10.2. The number of carboxylic acids is 1. The first-order valence-electron chi connectivity index (χ1n) is 7.26. The zero-order valence-corrected chi connectivity index (χ0v) is 12.4. The second-order valence-corrected chi connectivity index (χ2v) is 4.36. The first-order valence-corrected chi connectivity index (χ1v) is 7.26. The summed E-state index contributed by atoms with van der Waals surface area (Å²) in [5.41, 5.74) is 2.77. The van der Waals surface area contributed by atoms with Crippen LogP contribution < -0.4 is 0 Å². The van der Waals surface area contributed by atoms with Crippen LogP contribution in [-0.2, 0) is 9.53 Å². The first kappa shape index (κ1) is 18.4. The summed E-state index contributed by atoms with van der Waals surface area (Å²) in [5, 5.41) is 8.39. The predicted molar refractivity (Wildman–Crippen MR) is 82.8 cm³/mol. The van der Waals surface area contributed by atoms with E-state index in [-0.39, 0.29) is 6.42 Å². The predicted octanol–water partition coefficient (Wildman–Crippen LogP) is 4.27. The van der Waals surface area contributed by atoms with Crippen molar-refractivity contribution in [3.63, 3.8) is 0 Å². The topological polar surface area (TPSA) is 46.5 Å². The zero-order chi connectivity index (χ0) is 14.9. The lowest BCUT2D eigenvalue weighted by Crippen LogP contribution is -1.92. The van der Waals surface area contributed by atoms with Crippen LogP contribution in [0.5, 0.6) is 0 Å². The molecule has 0 aliphatic carbocycles. The Labute approximate surface area is 122 Å². The second kappa shape index (κ2) is 15.5. The number of hydrogen-bond acceptors (Lipinski definition) is 2. The van der Waals surface area contributed by atoms with E-state index in [1.165, 1.54) is 25.3 Å². The third-order valence-electron chi connectivity index (χ3n) is 2.47. The van der Waals surface area contributed by atoms with Gasteiger partial charge in [0.25, 0.3) is 0 Å². The van der Waals surface area contributed by atoms with E-state index in [0.29, 0.717) is 13.2 Å². The molecule has 0 radical (unpaired) electrons. The number of carbonyl (C=O) groups is 1. The number of aliphatic carboxylic acids is 1. The van der Waals surface area contributed by atoms with Crippen molar-refractivity contribution in [1.82, 2.24) is 0 Å². The van der Waals surface area contributed by atoms with Crippen LogP contribution in [0.25, 0.3) is 0 Å². The highest BCUT2D eigenvalue weighted by molar-refractivity contribution is 5.68. The quantitative estimate of drug-likeness (QED) is 0.329. The molecular formula is C17H26O3. The van der Waals surface area contributed by atoms with Crippen molar-refractivity contribution in [2.45, 2.75) is 45.4 Å². The molecule has 0 aromatic heterocycles. The molecule has 0 fully saturated rings. The smallest absolute Gasteiger partial charge is 0.307 e. The molecule has 0 rings (SSSR count). The number of unbranched alkanes of at least 4 members (excludes halogenated alkanes) is 2. The van der Waals surface area contributed by atoms with E-state index >= 15 is 0 Å². The molecule has 0 aromatic carbocycles. The van der Waals surface area contributed by atoms with Gasteiger partial charge in [0.2, 0.25) is 0 Å². The fourth-order valence-electron chi connectivity index (χ4n) is 1.40. The average molecular weight is 278 g/mol. The summed E-state index contributed by atoms with van der Waals surface area (Å²) in [7, 11) is 0. The maximum atomic E-state index is 10.2. The summed E-state index contributed by atoms with van der Waals surface area (Å²) in [6.45, 7) is 3.35. The molecule has 0 bridgehead atoms. The van der Waals surface area contributed by atoms with Crippen LogP contribution in [0.1, 0.15) is 45.4 Å². The largest absolute Gasteiger partial charge is 0.481 e. The SMILES string of the molecule is CCCCC=CCC=CCCOCC=C=CCC(=O)O. The normalized spacial score (nSPS) is 10.8. The van der Waals surface area contributed by atoms with E-state index in [1.807, 2.05) is 0 Å². The third kappa shape index (κ3) is 16.4. The van der Waals surface area contributed by atoms with Crippen LogP contribution >= 0.6 is 0 Å². The molecule has 20 heavy (non-hydrogen) atoms. The van der Waals surface area contributed by atoms with Gasteiger partial charge in [0, 0.05) is 0 Å². The summed E-state index contributed by atoms with van der Waals surface area (Å²) in [5.74, 6) is -0.847. The van der Waals surface area contributed by atoms with Gasteiger partial charge in [-0.25, -0.2) is 0 Å². The number of allylic oxidation sites excluding steroid dienone is 3. The van der Waals surface area contributed by atoms with Gasteiger partial charge in [-0.2, -0.15) is 0 Å². The Hall–Kier alpha value is -1.57. The maximum absolute atomic E-state index is 10.2. The average Bonchev–Trinajstić information content (AvgIpc) is 2.43. The maximum Gasteiger partial charge on any atom is 0.307 e. The molecule has 0 amide bonds. The van der Waals surface area contributed by atoms with Crippen LogP contribution in [0.3, 0.4) is 0 Å². The Morgan fingerprint density at radius 1 is 1.15 bits per heavy atom. The fraction of sp³-hybridized carbons (Fsp3) is 0.529. The third-order valence-corrected chi connectivity index (χ3v) is 2.47. The Morgan fingerprint density at radius 2 is 1.90 bits per heavy atom. The molecule has 0 aromatic rings. The van der Waals surface area contributed by atoms with Crippen molar-refractivity contribution in [1.29, 1.82) is 0 Å². The standard InChI is InChI=1S/C17H26O3/c1-2-3-4-5-6-7-8-9-12-15-20-16-13-10-11-14-17(18)19/h5-6,8-9,11,13H,2-4,7,12,14-16H2,1H3,(H,18,19). The highest BCUT2D eigenvalue weighted by Gasteiger charge is 1.86. The molecule has 0 spiro atoms. The van der Waals surface area contributed by atoms with Gasteiger partial charge in [-0.05, 0) is 31.4 Å². The van der Waals surface area contributed by atoms with Crippen molar-refractivity contribution < 1.29 is 14.6 Å². The van der Waals surface area contributed by atoms with E-state index in [4.69, 9.17) is 9.84 Å². The van der Waals surface area contributed by atoms with Gasteiger partial charge in [-0.15, -0.1) is 5.73 Å². The molecule has 0 aliphatic rings. The van der Waals surface area contributed by atoms with Crippen molar-refractivity contribution in [2.75, 3.05) is 13.2 Å². The molecular weight excluding hydrogens is 252 g/mol. The van der Waals surface area contributed by atoms with Crippen LogP contribution in [0.2, 0.25) is 0 Å². The molecule has 1 N–H and O–H groups in total. The number of ether oxygens (including phenoxy) is 1. The van der Waals surface area contributed by atoms with E-state index in [9.17, 15) is 4.79 Å². The Bertz CT molecular complexity index is 347. The lowest BCUT2D eigenvalue weighted by molar-refractivity contribution is -0.135. The molecule has 0 unspecified atom stereocenters. The summed E-state index contributed by atoms with van der Waals surface area (Å²) >= 11 is 0. The summed E-state index contributed by atoms with van der Waals surface area (Å²) < 4.78 is 5.35. The Morgan fingerprint density at radius 3 is 2.60 bits per heavy atom. The van der Waals surface area contributed by atoms with Crippen molar-refractivity contribution in [2.24, 2.45) is 0 Å². The molecule has 3 heteroatoms. The van der Waals surface area contributed by atoms with Gasteiger partial charge in [-0.3, -0.25) is 4.79 Å². The molecule has 112 valence electrons. The zero-order valence-electron chi connectivity index (χ0n) is 12.4. The Kier molecular flexibility index (Phi) is 14.3. The van der Waals surface area contributed by atoms with E-state index < -0.39 is 5.97 Å². The van der Waals surface area contributed by atoms with E-state index in [0.717, 1.165) is 12.8 Å². The Balaban J connectivity index is 3.37. The molecule has 0 aliphatic heterocycles. The van der Waals surface area contributed by atoms with Crippen LogP contribution in [0, 0.1) is 0 Å². The molecule has 0 heterocycles. The number of hydrogen-bond donors (Lipinski definition) is 1. The van der Waals surface area contributed by atoms with E-state index in [2.05, 4.69) is 37.0 Å². The highest BCUT2D eigenvalue weighted by Crippen LogP contribution is 1.97. The van der Waals surface area contributed by atoms with Crippen molar-refractivity contribution >= 4 is 5.97 Å². The minimum absolute atomic E-state index is 0.00497. The molecule has 0 saturated heterocycles. The minimum atomic E-state index is -0.847. The van der Waals surface area contributed by atoms with E-state index in [1.54, 1.807) is 6.08 Å². The summed E-state index contributed by atoms with van der Waals surface area (Å²) in [4.78, 5) is 10.2. The number of rotatable bonds is 12. The first-order chi connectivity index (χ1) is 9.77.